The third-order valence-electron chi connectivity index (χ3n) is 2.90. The number of carbonyl (C=O) groups is 2. The van der Waals surface area contributed by atoms with Gasteiger partial charge in [-0.05, 0) is 13.8 Å². The van der Waals surface area contributed by atoms with E-state index in [9.17, 15) is 9.59 Å². The maximum absolute atomic E-state index is 12.0. The maximum Gasteiger partial charge on any atom is 0.326 e. The molecule has 0 radical (unpaired) electrons. The molecule has 1 rings (SSSR count). The van der Waals surface area contributed by atoms with Crippen LogP contribution in [0.25, 0.3) is 0 Å². The first-order valence-electron chi connectivity index (χ1n) is 5.46. The minimum Gasteiger partial charge on any atom is -0.396 e. The summed E-state index contributed by atoms with van der Waals surface area (Å²) in [5.74, 6) is -0.452. The normalized spacial score (nSPS) is 19.7. The molecule has 0 atom stereocenters. The Kier molecular flexibility index (Phi) is 3.75. The highest BCUT2D eigenvalue weighted by Gasteiger charge is 2.51. The molecule has 1 heterocycles. The third-order valence-corrected chi connectivity index (χ3v) is 2.90. The quantitative estimate of drug-likeness (QED) is 0.451. The molecular formula is C10H19N3O4. The van der Waals surface area contributed by atoms with Gasteiger partial charge in [0.2, 0.25) is 0 Å². The summed E-state index contributed by atoms with van der Waals surface area (Å²) in [4.78, 5) is 24.7. The Morgan fingerprint density at radius 2 is 1.76 bits per heavy atom. The van der Waals surface area contributed by atoms with E-state index >= 15 is 0 Å². The van der Waals surface area contributed by atoms with Crippen molar-refractivity contribution < 1.29 is 19.8 Å². The average Bonchev–Trinajstić information content (AvgIpc) is 2.36. The van der Waals surface area contributed by atoms with Crippen molar-refractivity contribution >= 4 is 11.9 Å². The first kappa shape index (κ1) is 13.9. The molecule has 0 bridgehead atoms. The van der Waals surface area contributed by atoms with Crippen molar-refractivity contribution in [3.63, 3.8) is 0 Å². The molecule has 1 fully saturated rings. The van der Waals surface area contributed by atoms with Crippen LogP contribution in [-0.4, -0.2) is 51.5 Å². The van der Waals surface area contributed by atoms with Gasteiger partial charge < -0.3 is 21.3 Å². The van der Waals surface area contributed by atoms with Crippen molar-refractivity contribution in [1.82, 2.24) is 10.2 Å². The largest absolute Gasteiger partial charge is 0.396 e. The Morgan fingerprint density at radius 3 is 2.06 bits per heavy atom. The Hall–Kier alpha value is -1.18. The second-order valence-electron chi connectivity index (χ2n) is 4.75. The lowest BCUT2D eigenvalue weighted by Crippen LogP contribution is -2.60. The Bertz CT molecular complexity index is 324. The number of rotatable bonds is 5. The fraction of sp³-hybridized carbons (Fsp3) is 0.800. The van der Waals surface area contributed by atoms with Crippen molar-refractivity contribution in [1.29, 1.82) is 0 Å². The van der Waals surface area contributed by atoms with Crippen LogP contribution in [0.5, 0.6) is 0 Å². The van der Waals surface area contributed by atoms with Gasteiger partial charge in [0.05, 0.1) is 0 Å². The molecule has 0 aliphatic carbocycles. The van der Waals surface area contributed by atoms with Crippen LogP contribution in [0.1, 0.15) is 26.7 Å². The lowest BCUT2D eigenvalue weighted by Gasteiger charge is -2.36. The van der Waals surface area contributed by atoms with Crippen LogP contribution in [-0.2, 0) is 4.79 Å². The highest BCUT2D eigenvalue weighted by Crippen LogP contribution is 2.26. The van der Waals surface area contributed by atoms with Crippen molar-refractivity contribution in [2.24, 2.45) is 5.73 Å². The molecule has 1 saturated heterocycles. The topological polar surface area (TPSA) is 116 Å². The zero-order valence-corrected chi connectivity index (χ0v) is 10.1. The molecule has 98 valence electrons. The standard InChI is InChI=1S/C10H19N3O4/c1-9(2)7(16)13(8(17)12-9)10(11,3-5-14)4-6-15/h14-15H,3-6,11H2,1-2H3,(H,12,17). The van der Waals surface area contributed by atoms with E-state index in [2.05, 4.69) is 5.32 Å². The lowest BCUT2D eigenvalue weighted by atomic mass is 9.99. The second-order valence-corrected chi connectivity index (χ2v) is 4.75. The van der Waals surface area contributed by atoms with E-state index in [-0.39, 0.29) is 26.1 Å². The maximum atomic E-state index is 12.0. The van der Waals surface area contributed by atoms with Crippen LogP contribution in [0.4, 0.5) is 4.79 Å². The Morgan fingerprint density at radius 1 is 1.29 bits per heavy atom. The summed E-state index contributed by atoms with van der Waals surface area (Å²) in [5.41, 5.74) is 3.59. The highest BCUT2D eigenvalue weighted by molar-refractivity contribution is 6.07. The molecule has 7 heteroatoms. The molecule has 0 aromatic carbocycles. The van der Waals surface area contributed by atoms with E-state index in [1.165, 1.54) is 0 Å². The summed E-state index contributed by atoms with van der Waals surface area (Å²) < 4.78 is 0. The van der Waals surface area contributed by atoms with Gasteiger partial charge in [0, 0.05) is 26.1 Å². The molecule has 1 aliphatic heterocycles. The van der Waals surface area contributed by atoms with Crippen molar-refractivity contribution in [3.8, 4) is 0 Å². The summed E-state index contributed by atoms with van der Waals surface area (Å²) in [5, 5.41) is 20.4. The van der Waals surface area contributed by atoms with E-state index in [0.29, 0.717) is 0 Å². The molecule has 17 heavy (non-hydrogen) atoms. The van der Waals surface area contributed by atoms with Gasteiger partial charge in [0.1, 0.15) is 11.2 Å². The number of hydrogen-bond acceptors (Lipinski definition) is 5. The number of hydrogen-bond donors (Lipinski definition) is 4. The smallest absolute Gasteiger partial charge is 0.326 e. The molecule has 7 nitrogen and oxygen atoms in total. The summed E-state index contributed by atoms with van der Waals surface area (Å²) in [7, 11) is 0. The van der Waals surface area contributed by atoms with Crippen LogP contribution >= 0.6 is 0 Å². The van der Waals surface area contributed by atoms with E-state index in [1.807, 2.05) is 0 Å². The number of imide groups is 1. The van der Waals surface area contributed by atoms with Crippen molar-refractivity contribution in [3.05, 3.63) is 0 Å². The van der Waals surface area contributed by atoms with Crippen LogP contribution < -0.4 is 11.1 Å². The van der Waals surface area contributed by atoms with E-state index < -0.39 is 23.1 Å². The zero-order valence-electron chi connectivity index (χ0n) is 10.1. The van der Waals surface area contributed by atoms with Gasteiger partial charge in [0.25, 0.3) is 5.91 Å². The molecule has 0 unspecified atom stereocenters. The first-order valence-corrected chi connectivity index (χ1v) is 5.46. The zero-order chi connectivity index (χ0) is 13.3. The minimum absolute atomic E-state index is 0.0306. The van der Waals surface area contributed by atoms with Crippen LogP contribution in [0, 0.1) is 0 Å². The van der Waals surface area contributed by atoms with E-state index in [0.717, 1.165) is 4.90 Å². The summed E-state index contributed by atoms with van der Waals surface area (Å²) in [6.07, 6.45) is 0.0611. The fourth-order valence-corrected chi connectivity index (χ4v) is 1.89. The number of nitrogens with one attached hydrogen (secondary N) is 1. The van der Waals surface area contributed by atoms with E-state index in [1.54, 1.807) is 13.8 Å². The third kappa shape index (κ3) is 2.41. The number of nitrogens with zero attached hydrogens (tertiary/aromatic N) is 1. The van der Waals surface area contributed by atoms with Gasteiger partial charge >= 0.3 is 6.03 Å². The van der Waals surface area contributed by atoms with Crippen molar-refractivity contribution in [2.75, 3.05) is 13.2 Å². The molecule has 0 aromatic heterocycles. The van der Waals surface area contributed by atoms with Gasteiger partial charge in [0.15, 0.2) is 0 Å². The molecule has 0 spiro atoms. The first-order chi connectivity index (χ1) is 7.78. The molecule has 0 aromatic rings. The number of carbonyl (C=O) groups excluding carboxylic acids is 2. The van der Waals surface area contributed by atoms with Gasteiger partial charge in [-0.15, -0.1) is 0 Å². The SMILES string of the molecule is CC1(C)NC(=O)N(C(N)(CCO)CCO)C1=O. The van der Waals surface area contributed by atoms with Crippen LogP contribution in [0.3, 0.4) is 0 Å². The van der Waals surface area contributed by atoms with E-state index in [4.69, 9.17) is 15.9 Å². The van der Waals surface area contributed by atoms with Gasteiger partial charge in [-0.2, -0.15) is 0 Å². The molecule has 5 N–H and O–H groups in total. The number of amides is 3. The van der Waals surface area contributed by atoms with Crippen LogP contribution in [0.15, 0.2) is 0 Å². The Labute approximate surface area is 99.6 Å². The Balaban J connectivity index is 3.03. The molecule has 3 amide bonds. The van der Waals surface area contributed by atoms with Gasteiger partial charge in [-0.25, -0.2) is 9.69 Å². The van der Waals surface area contributed by atoms with Gasteiger partial charge in [-0.3, -0.25) is 4.79 Å². The number of aliphatic hydroxyl groups is 2. The van der Waals surface area contributed by atoms with Gasteiger partial charge in [-0.1, -0.05) is 0 Å². The summed E-state index contributed by atoms with van der Waals surface area (Å²) in [6.45, 7) is 2.61. The molecule has 1 aliphatic rings. The fourth-order valence-electron chi connectivity index (χ4n) is 1.89. The molecule has 0 saturated carbocycles. The number of nitrogens with two attached hydrogens (primary N) is 1. The van der Waals surface area contributed by atoms with Crippen LogP contribution in [0.2, 0.25) is 0 Å². The predicted molar refractivity (Wildman–Crippen MR) is 59.8 cm³/mol. The predicted octanol–water partition coefficient (Wildman–Crippen LogP) is -1.26. The number of aliphatic hydroxyl groups excluding tert-OH is 2. The summed E-state index contributed by atoms with van der Waals surface area (Å²) >= 11 is 0. The monoisotopic (exact) mass is 245 g/mol. The summed E-state index contributed by atoms with van der Waals surface area (Å²) in [6, 6.07) is -0.593. The minimum atomic E-state index is -1.35. The molecular weight excluding hydrogens is 226 g/mol. The average molecular weight is 245 g/mol. The van der Waals surface area contributed by atoms with Crippen molar-refractivity contribution in [2.45, 2.75) is 37.9 Å². The lowest BCUT2D eigenvalue weighted by molar-refractivity contribution is -0.135. The number of urea groups is 1. The second kappa shape index (κ2) is 4.59. The highest BCUT2D eigenvalue weighted by atomic mass is 16.3.